The number of likely N-dealkylation sites (N-methyl/N-ethyl adjacent to an activating group) is 1. The van der Waals surface area contributed by atoms with Crippen molar-refractivity contribution >= 4 is 6.09 Å². The smallest absolute Gasteiger partial charge is 0.406 e. The molecule has 1 atom stereocenters. The van der Waals surface area contributed by atoms with Crippen LogP contribution in [0.2, 0.25) is 0 Å². The molecule has 1 amide bonds. The first kappa shape index (κ1) is 33.1. The summed E-state index contributed by atoms with van der Waals surface area (Å²) >= 11 is 0. The highest BCUT2D eigenvalue weighted by Crippen LogP contribution is 2.44. The van der Waals surface area contributed by atoms with Gasteiger partial charge in [-0.25, -0.2) is 9.48 Å². The molecule has 3 aromatic rings. The quantitative estimate of drug-likeness (QED) is 0.210. The van der Waals surface area contributed by atoms with Crippen LogP contribution in [-0.4, -0.2) is 67.8 Å². The Morgan fingerprint density at radius 3 is 2.20 bits per heavy atom. The van der Waals surface area contributed by atoms with Gasteiger partial charge in [-0.05, 0) is 63.1 Å². The van der Waals surface area contributed by atoms with Gasteiger partial charge in [-0.2, -0.15) is 5.10 Å². The Kier molecular flexibility index (Phi) is 12.4. The van der Waals surface area contributed by atoms with E-state index < -0.39 is 6.09 Å². The number of alkyl carbamates (subject to hydrolysis) is 1. The van der Waals surface area contributed by atoms with Crippen molar-refractivity contribution in [3.63, 3.8) is 0 Å². The summed E-state index contributed by atoms with van der Waals surface area (Å²) in [5, 5.41) is 7.69. The third-order valence-electron chi connectivity index (χ3n) is 9.11. The van der Waals surface area contributed by atoms with E-state index >= 15 is 0 Å². The fraction of sp³-hybridized carbons (Fsp3) is 0.556. The van der Waals surface area contributed by atoms with Gasteiger partial charge in [0.15, 0.2) is 0 Å². The Morgan fingerprint density at radius 1 is 0.978 bits per heavy atom. The average Bonchev–Trinajstić information content (AvgIpc) is 3.50. The first-order valence-electron chi connectivity index (χ1n) is 16.5. The van der Waals surface area contributed by atoms with E-state index in [1.54, 1.807) is 7.05 Å². The summed E-state index contributed by atoms with van der Waals surface area (Å²) in [4.78, 5) is 13.7. The predicted molar refractivity (Wildman–Crippen MR) is 174 cm³/mol. The second-order valence-corrected chi connectivity index (χ2v) is 12.7. The normalized spacial score (nSPS) is 18.6. The molecule has 0 spiro atoms. The van der Waals surface area contributed by atoms with Crippen molar-refractivity contribution in [2.45, 2.75) is 76.9 Å². The number of hydrogen-bond acceptors (Lipinski definition) is 7. The third kappa shape index (κ3) is 9.87. The second kappa shape index (κ2) is 16.9. The number of ether oxygens (including phenoxy) is 4. The molecular weight excluding hydrogens is 568 g/mol. The van der Waals surface area contributed by atoms with Crippen molar-refractivity contribution in [3.8, 4) is 0 Å². The maximum atomic E-state index is 11.5. The van der Waals surface area contributed by atoms with E-state index in [1.807, 2.05) is 12.1 Å². The minimum atomic E-state index is -0.405. The molecule has 2 fully saturated rings. The van der Waals surface area contributed by atoms with Crippen LogP contribution in [-0.2, 0) is 38.7 Å². The van der Waals surface area contributed by atoms with Crippen LogP contribution >= 0.6 is 0 Å². The molecule has 1 unspecified atom stereocenters. The molecule has 244 valence electrons. The average molecular weight is 619 g/mol. The number of carbonyl (C=O) groups is 1. The summed E-state index contributed by atoms with van der Waals surface area (Å²) in [7, 11) is 3.63. The van der Waals surface area contributed by atoms with Crippen molar-refractivity contribution in [2.75, 3.05) is 47.1 Å². The van der Waals surface area contributed by atoms with Gasteiger partial charge in [0.25, 0.3) is 0 Å². The summed E-state index contributed by atoms with van der Waals surface area (Å²) in [5.74, 6) is 0.358. The van der Waals surface area contributed by atoms with Gasteiger partial charge < -0.3 is 24.3 Å². The molecule has 1 aliphatic heterocycles. The van der Waals surface area contributed by atoms with Crippen LogP contribution in [0.15, 0.2) is 66.9 Å². The van der Waals surface area contributed by atoms with Crippen LogP contribution in [0.1, 0.15) is 79.5 Å². The number of aromatic nitrogens is 2. The summed E-state index contributed by atoms with van der Waals surface area (Å²) in [5.41, 5.74) is 4.74. The lowest BCUT2D eigenvalue weighted by molar-refractivity contribution is -0.0543. The minimum Gasteiger partial charge on any atom is -0.448 e. The first-order valence-corrected chi connectivity index (χ1v) is 16.5. The van der Waals surface area contributed by atoms with E-state index in [1.165, 1.54) is 22.4 Å². The van der Waals surface area contributed by atoms with E-state index in [-0.39, 0.29) is 11.6 Å². The zero-order valence-corrected chi connectivity index (χ0v) is 27.0. The molecule has 9 heteroatoms. The van der Waals surface area contributed by atoms with Crippen LogP contribution in [0.25, 0.3) is 0 Å². The molecule has 1 aliphatic carbocycles. The number of hydrogen-bond donors (Lipinski definition) is 1. The van der Waals surface area contributed by atoms with Gasteiger partial charge in [0.2, 0.25) is 0 Å². The highest BCUT2D eigenvalue weighted by molar-refractivity contribution is 5.66. The molecule has 2 aromatic carbocycles. The van der Waals surface area contributed by atoms with E-state index in [2.05, 4.69) is 76.7 Å². The molecule has 2 heterocycles. The minimum absolute atomic E-state index is 0.00593. The van der Waals surface area contributed by atoms with Crippen LogP contribution < -0.4 is 5.32 Å². The standard InChI is InChI=1S/C36H50N4O5/c1-37-35(41)45-22-20-39(2)23-32-24-40(33-15-9-10-21-44-33)38-34(32)31-16-18-36(19-17-31,27-42-25-29-11-5-3-6-12-29)28-43-26-30-13-7-4-8-14-30/h3-8,11-14,24,31,33H,9-10,15-23,25-28H2,1-2H3,(H,37,41). The van der Waals surface area contributed by atoms with Crippen molar-refractivity contribution in [3.05, 3.63) is 89.2 Å². The SMILES string of the molecule is CNC(=O)OCCN(C)Cc1cn(C2CCCCO2)nc1C1CCC(COCc2ccccc2)(COCc2ccccc2)CC1. The van der Waals surface area contributed by atoms with Crippen molar-refractivity contribution in [1.82, 2.24) is 20.0 Å². The van der Waals surface area contributed by atoms with Gasteiger partial charge in [-0.1, -0.05) is 60.7 Å². The Balaban J connectivity index is 1.26. The van der Waals surface area contributed by atoms with E-state index in [0.717, 1.165) is 58.1 Å². The Labute approximate surface area is 268 Å². The summed E-state index contributed by atoms with van der Waals surface area (Å²) in [6.07, 6.45) is 9.12. The highest BCUT2D eigenvalue weighted by atomic mass is 16.5. The van der Waals surface area contributed by atoms with E-state index in [9.17, 15) is 4.79 Å². The van der Waals surface area contributed by atoms with Crippen molar-refractivity contribution in [2.24, 2.45) is 5.41 Å². The van der Waals surface area contributed by atoms with Gasteiger partial charge in [-0.3, -0.25) is 4.90 Å². The van der Waals surface area contributed by atoms with Crippen molar-refractivity contribution in [1.29, 1.82) is 0 Å². The predicted octanol–water partition coefficient (Wildman–Crippen LogP) is 6.45. The van der Waals surface area contributed by atoms with Gasteiger partial charge >= 0.3 is 6.09 Å². The Morgan fingerprint density at radius 2 is 1.62 bits per heavy atom. The monoisotopic (exact) mass is 618 g/mol. The molecule has 1 N–H and O–H groups in total. The Bertz CT molecular complexity index is 1240. The maximum absolute atomic E-state index is 11.5. The topological polar surface area (TPSA) is 87.1 Å². The van der Waals surface area contributed by atoms with Crippen LogP contribution in [0.3, 0.4) is 0 Å². The fourth-order valence-electron chi connectivity index (χ4n) is 6.48. The lowest BCUT2D eigenvalue weighted by Crippen LogP contribution is -2.36. The molecule has 0 bridgehead atoms. The number of nitrogens with zero attached hydrogens (tertiary/aromatic N) is 3. The molecule has 45 heavy (non-hydrogen) atoms. The van der Waals surface area contributed by atoms with Crippen LogP contribution in [0, 0.1) is 5.41 Å². The lowest BCUT2D eigenvalue weighted by Gasteiger charge is -2.40. The van der Waals surface area contributed by atoms with Gasteiger partial charge in [0.05, 0.1) is 32.1 Å². The lowest BCUT2D eigenvalue weighted by atomic mass is 9.70. The molecule has 5 rings (SSSR count). The summed E-state index contributed by atoms with van der Waals surface area (Å²) in [6, 6.07) is 20.8. The highest BCUT2D eigenvalue weighted by Gasteiger charge is 2.38. The summed E-state index contributed by atoms with van der Waals surface area (Å²) < 4.78 is 26.1. The molecule has 9 nitrogen and oxygen atoms in total. The summed E-state index contributed by atoms with van der Waals surface area (Å²) in [6.45, 7) is 5.06. The number of carbonyl (C=O) groups excluding carboxylic acids is 1. The van der Waals surface area contributed by atoms with E-state index in [0.29, 0.717) is 45.5 Å². The zero-order valence-electron chi connectivity index (χ0n) is 27.0. The third-order valence-corrected chi connectivity index (χ3v) is 9.11. The number of amides is 1. The molecule has 1 saturated carbocycles. The van der Waals surface area contributed by atoms with Crippen molar-refractivity contribution < 1.29 is 23.7 Å². The van der Waals surface area contributed by atoms with Crippen LogP contribution in [0.5, 0.6) is 0 Å². The molecule has 2 aliphatic rings. The second-order valence-electron chi connectivity index (χ2n) is 12.7. The van der Waals surface area contributed by atoms with E-state index in [4.69, 9.17) is 24.0 Å². The maximum Gasteiger partial charge on any atom is 0.406 e. The Hall–Kier alpha value is -3.24. The number of benzene rings is 2. The zero-order chi connectivity index (χ0) is 31.3. The number of nitrogens with one attached hydrogen (secondary N) is 1. The molecule has 1 aromatic heterocycles. The first-order chi connectivity index (χ1) is 22.0. The van der Waals surface area contributed by atoms with Gasteiger partial charge in [0, 0.05) is 49.8 Å². The van der Waals surface area contributed by atoms with Gasteiger partial charge in [-0.15, -0.1) is 0 Å². The molecule has 0 radical (unpaired) electrons. The largest absolute Gasteiger partial charge is 0.448 e. The van der Waals surface area contributed by atoms with Gasteiger partial charge in [0.1, 0.15) is 12.8 Å². The fourth-order valence-corrected chi connectivity index (χ4v) is 6.48. The molecule has 1 saturated heterocycles. The number of rotatable bonds is 15. The van der Waals surface area contributed by atoms with Crippen LogP contribution in [0.4, 0.5) is 4.79 Å². The molecular formula is C36H50N4O5.